The van der Waals surface area contributed by atoms with Crippen LogP contribution in [0, 0.1) is 6.92 Å². The fourth-order valence-electron chi connectivity index (χ4n) is 3.90. The van der Waals surface area contributed by atoms with E-state index in [2.05, 4.69) is 10.3 Å². The first-order valence-electron chi connectivity index (χ1n) is 10.7. The van der Waals surface area contributed by atoms with Gasteiger partial charge in [0.2, 0.25) is 5.91 Å². The first-order valence-corrected chi connectivity index (χ1v) is 11.7. The third kappa shape index (κ3) is 3.92. The van der Waals surface area contributed by atoms with Crippen LogP contribution in [-0.4, -0.2) is 33.3 Å². The molecule has 5 rings (SSSR count). The van der Waals surface area contributed by atoms with Crippen molar-refractivity contribution in [3.8, 4) is 11.4 Å². The number of aryl methyl sites for hydroxylation is 1. The van der Waals surface area contributed by atoms with E-state index < -0.39 is 0 Å². The van der Waals surface area contributed by atoms with Gasteiger partial charge in [-0.2, -0.15) is 0 Å². The second-order valence-corrected chi connectivity index (χ2v) is 8.70. The predicted molar refractivity (Wildman–Crippen MR) is 136 cm³/mol. The lowest BCUT2D eigenvalue weighted by Crippen LogP contribution is -2.23. The van der Waals surface area contributed by atoms with Crippen LogP contribution < -0.4 is 15.6 Å². The van der Waals surface area contributed by atoms with E-state index in [4.69, 9.17) is 9.72 Å². The summed E-state index contributed by atoms with van der Waals surface area (Å²) in [5, 5.41) is 4.20. The standard InChI is InChI=1S/C26H22N4O3S/c1-16-9-3-5-11-18(16)27-22(31)15-34-26-29-23-17-10-4-6-12-19(17)28-24(23)25(32)30(26)20-13-7-8-14-21(20)33-2/h3-14,28H,15H2,1-2H3,(H,27,31). The molecule has 0 saturated heterocycles. The number of carbonyl (C=O) groups is 1. The summed E-state index contributed by atoms with van der Waals surface area (Å²) < 4.78 is 7.01. The topological polar surface area (TPSA) is 89.0 Å². The number of thioether (sulfide) groups is 1. The molecular formula is C26H22N4O3S. The second kappa shape index (κ2) is 9.07. The second-order valence-electron chi connectivity index (χ2n) is 7.75. The number of aromatic amines is 1. The zero-order chi connectivity index (χ0) is 23.7. The van der Waals surface area contributed by atoms with Crippen LogP contribution in [0.3, 0.4) is 0 Å². The minimum atomic E-state index is -0.257. The third-order valence-corrected chi connectivity index (χ3v) is 6.51. The van der Waals surface area contributed by atoms with Gasteiger partial charge in [-0.3, -0.25) is 9.59 Å². The summed E-state index contributed by atoms with van der Waals surface area (Å²) >= 11 is 1.21. The van der Waals surface area contributed by atoms with Crippen LogP contribution in [0.5, 0.6) is 5.75 Å². The molecule has 170 valence electrons. The summed E-state index contributed by atoms with van der Waals surface area (Å²) in [5.41, 5.74) is 3.85. The number of ether oxygens (including phenoxy) is 1. The van der Waals surface area contributed by atoms with Crippen molar-refractivity contribution in [1.82, 2.24) is 14.5 Å². The number of nitrogens with zero attached hydrogens (tertiary/aromatic N) is 2. The Balaban J connectivity index is 1.60. The average molecular weight is 471 g/mol. The summed E-state index contributed by atoms with van der Waals surface area (Å²) in [4.78, 5) is 34.5. The first kappa shape index (κ1) is 21.8. The van der Waals surface area contributed by atoms with Gasteiger partial charge in [-0.25, -0.2) is 9.55 Å². The molecule has 7 nitrogen and oxygen atoms in total. The predicted octanol–water partition coefficient (Wildman–Crippen LogP) is 4.91. The van der Waals surface area contributed by atoms with Crippen molar-refractivity contribution in [2.24, 2.45) is 0 Å². The van der Waals surface area contributed by atoms with Crippen molar-refractivity contribution in [1.29, 1.82) is 0 Å². The zero-order valence-electron chi connectivity index (χ0n) is 18.7. The molecule has 5 aromatic rings. The third-order valence-electron chi connectivity index (χ3n) is 5.57. The Hall–Kier alpha value is -4.04. The summed E-state index contributed by atoms with van der Waals surface area (Å²) in [6, 6.07) is 22.5. The molecule has 0 fully saturated rings. The molecule has 0 radical (unpaired) electrons. The molecule has 2 N–H and O–H groups in total. The highest BCUT2D eigenvalue weighted by atomic mass is 32.2. The van der Waals surface area contributed by atoms with Gasteiger partial charge in [0.25, 0.3) is 5.56 Å². The van der Waals surface area contributed by atoms with E-state index in [1.165, 1.54) is 16.3 Å². The van der Waals surface area contributed by atoms with E-state index in [1.54, 1.807) is 19.2 Å². The number of rotatable bonds is 6. The molecule has 8 heteroatoms. The Bertz CT molecular complexity index is 1590. The van der Waals surface area contributed by atoms with Crippen molar-refractivity contribution < 1.29 is 9.53 Å². The summed E-state index contributed by atoms with van der Waals surface area (Å²) in [6.07, 6.45) is 0. The number of para-hydroxylation sites is 4. The average Bonchev–Trinajstić information content (AvgIpc) is 3.23. The number of methoxy groups -OCH3 is 1. The maximum atomic E-state index is 13.7. The number of amides is 1. The number of anilines is 1. The van der Waals surface area contributed by atoms with Crippen LogP contribution in [0.1, 0.15) is 5.56 Å². The van der Waals surface area contributed by atoms with Crippen LogP contribution in [0.4, 0.5) is 5.69 Å². The fourth-order valence-corrected chi connectivity index (χ4v) is 4.69. The van der Waals surface area contributed by atoms with Gasteiger partial charge in [0.1, 0.15) is 16.8 Å². The molecule has 0 aliphatic heterocycles. The van der Waals surface area contributed by atoms with Crippen molar-refractivity contribution in [3.05, 3.63) is 88.7 Å². The van der Waals surface area contributed by atoms with E-state index in [1.807, 2.05) is 67.6 Å². The molecule has 3 aromatic carbocycles. The van der Waals surface area contributed by atoms with Gasteiger partial charge in [-0.05, 0) is 36.8 Å². The molecule has 2 aromatic heterocycles. The Labute approximate surface area is 199 Å². The minimum absolute atomic E-state index is 0.0871. The van der Waals surface area contributed by atoms with E-state index in [0.717, 1.165) is 22.2 Å². The van der Waals surface area contributed by atoms with Gasteiger partial charge < -0.3 is 15.0 Å². The number of hydrogen-bond acceptors (Lipinski definition) is 5. The van der Waals surface area contributed by atoms with E-state index in [9.17, 15) is 9.59 Å². The summed E-state index contributed by atoms with van der Waals surface area (Å²) in [5.74, 6) is 0.441. The number of H-pyrrole nitrogens is 1. The lowest BCUT2D eigenvalue weighted by Gasteiger charge is -2.15. The van der Waals surface area contributed by atoms with Crippen LogP contribution in [0.2, 0.25) is 0 Å². The number of nitrogens with one attached hydrogen (secondary N) is 2. The van der Waals surface area contributed by atoms with Gasteiger partial charge in [-0.15, -0.1) is 0 Å². The Morgan fingerprint density at radius 3 is 2.62 bits per heavy atom. The normalized spacial score (nSPS) is 11.1. The highest BCUT2D eigenvalue weighted by molar-refractivity contribution is 7.99. The highest BCUT2D eigenvalue weighted by Crippen LogP contribution is 2.29. The van der Waals surface area contributed by atoms with Gasteiger partial charge in [0.15, 0.2) is 5.16 Å². The minimum Gasteiger partial charge on any atom is -0.495 e. The largest absolute Gasteiger partial charge is 0.495 e. The van der Waals surface area contributed by atoms with Gasteiger partial charge in [0, 0.05) is 16.6 Å². The molecule has 0 spiro atoms. The highest BCUT2D eigenvalue weighted by Gasteiger charge is 2.20. The maximum Gasteiger partial charge on any atom is 0.283 e. The van der Waals surface area contributed by atoms with Gasteiger partial charge in [0.05, 0.1) is 18.6 Å². The molecule has 2 heterocycles. The number of benzene rings is 3. The van der Waals surface area contributed by atoms with Crippen molar-refractivity contribution >= 4 is 45.3 Å². The molecule has 0 aliphatic rings. The van der Waals surface area contributed by atoms with Gasteiger partial charge >= 0.3 is 0 Å². The molecule has 1 amide bonds. The quantitative estimate of drug-likeness (QED) is 0.272. The van der Waals surface area contributed by atoms with Crippen LogP contribution in [0.25, 0.3) is 27.6 Å². The summed E-state index contributed by atoms with van der Waals surface area (Å²) in [6.45, 7) is 1.94. The summed E-state index contributed by atoms with van der Waals surface area (Å²) in [7, 11) is 1.56. The molecule has 0 saturated carbocycles. The SMILES string of the molecule is COc1ccccc1-n1c(SCC(=O)Nc2ccccc2C)nc2c([nH]c3ccccc32)c1=O. The monoisotopic (exact) mass is 470 g/mol. The number of carbonyl (C=O) groups excluding carboxylic acids is 1. The number of aromatic nitrogens is 3. The van der Waals surface area contributed by atoms with Crippen LogP contribution >= 0.6 is 11.8 Å². The smallest absolute Gasteiger partial charge is 0.283 e. The van der Waals surface area contributed by atoms with Gasteiger partial charge in [-0.1, -0.05) is 60.3 Å². The van der Waals surface area contributed by atoms with Crippen LogP contribution in [-0.2, 0) is 4.79 Å². The zero-order valence-corrected chi connectivity index (χ0v) is 19.5. The maximum absolute atomic E-state index is 13.7. The Morgan fingerprint density at radius 1 is 1.06 bits per heavy atom. The first-order chi connectivity index (χ1) is 16.6. The molecule has 0 aliphatic carbocycles. The number of fused-ring (bicyclic) bond motifs is 3. The van der Waals surface area contributed by atoms with E-state index >= 15 is 0 Å². The Kier molecular flexibility index (Phi) is 5.81. The van der Waals surface area contributed by atoms with Crippen LogP contribution in [0.15, 0.2) is 82.7 Å². The van der Waals surface area contributed by atoms with Crippen molar-refractivity contribution in [2.45, 2.75) is 12.1 Å². The Morgan fingerprint density at radius 2 is 1.79 bits per heavy atom. The van der Waals surface area contributed by atoms with E-state index in [0.29, 0.717) is 27.6 Å². The van der Waals surface area contributed by atoms with Crippen molar-refractivity contribution in [3.63, 3.8) is 0 Å². The lowest BCUT2D eigenvalue weighted by molar-refractivity contribution is -0.113. The molecule has 0 atom stereocenters. The van der Waals surface area contributed by atoms with E-state index in [-0.39, 0.29) is 17.2 Å². The molecule has 0 bridgehead atoms. The molecule has 0 unspecified atom stereocenters. The fraction of sp³-hybridized carbons (Fsp3) is 0.115. The molecular weight excluding hydrogens is 448 g/mol. The van der Waals surface area contributed by atoms with Crippen molar-refractivity contribution in [2.75, 3.05) is 18.2 Å². The molecule has 34 heavy (non-hydrogen) atoms. The number of hydrogen-bond donors (Lipinski definition) is 2. The lowest BCUT2D eigenvalue weighted by atomic mass is 10.2.